The van der Waals surface area contributed by atoms with Crippen molar-refractivity contribution in [3.63, 3.8) is 0 Å². The van der Waals surface area contributed by atoms with Crippen LogP contribution < -0.4 is 4.74 Å². The number of aryl methyl sites for hydroxylation is 2. The lowest BCUT2D eigenvalue weighted by atomic mass is 10.1. The number of aliphatic hydroxyl groups excluding tert-OH is 1. The molecule has 1 aliphatic carbocycles. The summed E-state index contributed by atoms with van der Waals surface area (Å²) in [7, 11) is 1.58. The van der Waals surface area contributed by atoms with Crippen molar-refractivity contribution in [1.82, 2.24) is 4.98 Å². The zero-order valence-corrected chi connectivity index (χ0v) is 15.8. The fourth-order valence-electron chi connectivity index (χ4n) is 2.91. The largest absolute Gasteiger partial charge is 0.507 e. The van der Waals surface area contributed by atoms with Crippen LogP contribution >= 0.6 is 11.3 Å². The number of Topliss-reactive ketones (excluding diaryl/α,β-unsaturated/α-hetero) is 1. The van der Waals surface area contributed by atoms with Crippen LogP contribution in [0.25, 0.3) is 5.76 Å². The number of aromatic nitrogens is 1. The number of fused-ring (bicyclic) bond motifs is 1. The first-order valence-electron chi connectivity index (χ1n) is 8.69. The molecule has 0 aliphatic heterocycles. The molecule has 136 valence electrons. The number of nitrogens with zero attached hydrogens (tertiary/aromatic N) is 2. The molecule has 1 aromatic heterocycles. The molecule has 1 aromatic carbocycles. The zero-order valence-electron chi connectivity index (χ0n) is 15.0. The third-order valence-electron chi connectivity index (χ3n) is 4.39. The lowest BCUT2D eigenvalue weighted by Gasteiger charge is -2.05. The van der Waals surface area contributed by atoms with Gasteiger partial charge in [-0.2, -0.15) is 0 Å². The second-order valence-corrected chi connectivity index (χ2v) is 7.29. The van der Waals surface area contributed by atoms with Crippen molar-refractivity contribution in [2.24, 2.45) is 4.99 Å². The third kappa shape index (κ3) is 4.19. The van der Waals surface area contributed by atoms with Crippen LogP contribution in [0.5, 0.6) is 5.75 Å². The van der Waals surface area contributed by atoms with Gasteiger partial charge < -0.3 is 9.84 Å². The smallest absolute Gasteiger partial charge is 0.209 e. The molecule has 5 nitrogen and oxygen atoms in total. The highest BCUT2D eigenvalue weighted by atomic mass is 32.1. The summed E-state index contributed by atoms with van der Waals surface area (Å²) in [6.07, 6.45) is 7.06. The van der Waals surface area contributed by atoms with Crippen LogP contribution in [-0.4, -0.2) is 29.2 Å². The standard InChI is InChI=1S/C20H22N2O3S/c1-13(23)16(19(24)14-8-10-15(25-2)11-9-14)12-21-20-22-17-6-4-3-5-7-18(17)26-20/h8-12,24H,3-7H2,1-2H3/b19-16+,21-12+. The van der Waals surface area contributed by atoms with Gasteiger partial charge >= 0.3 is 0 Å². The van der Waals surface area contributed by atoms with E-state index < -0.39 is 0 Å². The minimum Gasteiger partial charge on any atom is -0.507 e. The first kappa shape index (κ1) is 18.3. The van der Waals surface area contributed by atoms with Crippen LogP contribution in [0.2, 0.25) is 0 Å². The Morgan fingerprint density at radius 3 is 2.65 bits per heavy atom. The summed E-state index contributed by atoms with van der Waals surface area (Å²) in [4.78, 5) is 22.2. The number of hydrogen-bond acceptors (Lipinski definition) is 6. The fraction of sp³-hybridized carbons (Fsp3) is 0.350. The predicted octanol–water partition coefficient (Wildman–Crippen LogP) is 4.68. The molecule has 0 spiro atoms. The molecule has 0 saturated carbocycles. The molecule has 3 rings (SSSR count). The Morgan fingerprint density at radius 1 is 1.23 bits per heavy atom. The number of hydrogen-bond donors (Lipinski definition) is 1. The molecule has 0 fully saturated rings. The molecule has 1 aliphatic rings. The van der Waals surface area contributed by atoms with Crippen LogP contribution in [0.3, 0.4) is 0 Å². The predicted molar refractivity (Wildman–Crippen MR) is 105 cm³/mol. The van der Waals surface area contributed by atoms with E-state index in [1.54, 1.807) is 42.7 Å². The maximum absolute atomic E-state index is 12.0. The van der Waals surface area contributed by atoms with Gasteiger partial charge in [0.2, 0.25) is 5.13 Å². The average molecular weight is 370 g/mol. The van der Waals surface area contributed by atoms with E-state index in [9.17, 15) is 9.90 Å². The Balaban J connectivity index is 1.87. The Morgan fingerprint density at radius 2 is 1.96 bits per heavy atom. The maximum Gasteiger partial charge on any atom is 0.209 e. The Bertz CT molecular complexity index is 827. The molecule has 0 bridgehead atoms. The minimum atomic E-state index is -0.250. The highest BCUT2D eigenvalue weighted by Gasteiger charge is 2.15. The summed E-state index contributed by atoms with van der Waals surface area (Å²) in [5.74, 6) is 0.339. The van der Waals surface area contributed by atoms with Crippen LogP contribution in [0.15, 0.2) is 34.8 Å². The molecular formula is C20H22N2O3S. The average Bonchev–Trinajstić information content (AvgIpc) is 2.90. The van der Waals surface area contributed by atoms with Crippen molar-refractivity contribution in [3.8, 4) is 5.75 Å². The highest BCUT2D eigenvalue weighted by molar-refractivity contribution is 7.15. The third-order valence-corrected chi connectivity index (χ3v) is 5.45. The van der Waals surface area contributed by atoms with Gasteiger partial charge in [0, 0.05) is 16.7 Å². The number of carbonyl (C=O) groups excluding carboxylic acids is 1. The van der Waals surface area contributed by atoms with Crippen molar-refractivity contribution in [2.75, 3.05) is 7.11 Å². The van der Waals surface area contributed by atoms with Crippen LogP contribution in [0.1, 0.15) is 42.3 Å². The number of benzene rings is 1. The number of methoxy groups -OCH3 is 1. The summed E-state index contributed by atoms with van der Waals surface area (Å²) >= 11 is 1.57. The molecular weight excluding hydrogens is 348 g/mol. The summed E-state index contributed by atoms with van der Waals surface area (Å²) in [5.41, 5.74) is 1.84. The first-order chi connectivity index (χ1) is 12.6. The molecule has 0 unspecified atom stereocenters. The van der Waals surface area contributed by atoms with Gasteiger partial charge in [0.15, 0.2) is 5.78 Å². The summed E-state index contributed by atoms with van der Waals surface area (Å²) in [6.45, 7) is 1.41. The van der Waals surface area contributed by atoms with E-state index in [2.05, 4.69) is 9.98 Å². The van der Waals surface area contributed by atoms with Gasteiger partial charge in [0.05, 0.1) is 18.4 Å². The number of aliphatic hydroxyl groups is 1. The summed E-state index contributed by atoms with van der Waals surface area (Å²) in [5, 5.41) is 11.1. The molecule has 0 amide bonds. The first-order valence-corrected chi connectivity index (χ1v) is 9.51. The van der Waals surface area contributed by atoms with E-state index in [1.807, 2.05) is 0 Å². The van der Waals surface area contributed by atoms with Crippen LogP contribution in [0.4, 0.5) is 5.13 Å². The fourth-order valence-corrected chi connectivity index (χ4v) is 3.91. The Labute approximate surface area is 157 Å². The van der Waals surface area contributed by atoms with E-state index in [1.165, 1.54) is 30.9 Å². The van der Waals surface area contributed by atoms with E-state index >= 15 is 0 Å². The SMILES string of the molecule is COc1ccc(/C(O)=C(/C=N/c2nc3c(s2)CCCCC3)C(C)=O)cc1. The Hall–Kier alpha value is -2.47. The molecule has 6 heteroatoms. The zero-order chi connectivity index (χ0) is 18.5. The molecule has 2 aromatic rings. The number of ketones is 1. The lowest BCUT2D eigenvalue weighted by molar-refractivity contribution is -0.113. The molecule has 26 heavy (non-hydrogen) atoms. The van der Waals surface area contributed by atoms with Crippen molar-refractivity contribution in [1.29, 1.82) is 0 Å². The van der Waals surface area contributed by atoms with Gasteiger partial charge in [-0.05, 0) is 56.9 Å². The molecule has 1 heterocycles. The van der Waals surface area contributed by atoms with E-state index in [4.69, 9.17) is 4.74 Å². The quantitative estimate of drug-likeness (QED) is 0.359. The van der Waals surface area contributed by atoms with Gasteiger partial charge in [0.25, 0.3) is 0 Å². The van der Waals surface area contributed by atoms with Gasteiger partial charge in [-0.3, -0.25) is 4.79 Å². The van der Waals surface area contributed by atoms with Gasteiger partial charge in [-0.25, -0.2) is 9.98 Å². The minimum absolute atomic E-state index is 0.0953. The Kier molecular flexibility index (Phi) is 5.83. The topological polar surface area (TPSA) is 71.8 Å². The second-order valence-electron chi connectivity index (χ2n) is 6.23. The number of aliphatic imine (C=N–C) groups is 1. The number of ether oxygens (including phenoxy) is 1. The maximum atomic E-state index is 12.0. The normalized spacial score (nSPS) is 15.3. The van der Waals surface area contributed by atoms with E-state index in [-0.39, 0.29) is 17.1 Å². The van der Waals surface area contributed by atoms with Gasteiger partial charge in [0.1, 0.15) is 11.5 Å². The van der Waals surface area contributed by atoms with Crippen molar-refractivity contribution in [2.45, 2.75) is 39.0 Å². The molecule has 0 saturated heterocycles. The monoisotopic (exact) mass is 370 g/mol. The summed E-state index contributed by atoms with van der Waals surface area (Å²) < 4.78 is 5.11. The molecule has 1 N–H and O–H groups in total. The van der Waals surface area contributed by atoms with Crippen molar-refractivity contribution >= 4 is 34.2 Å². The van der Waals surface area contributed by atoms with Gasteiger partial charge in [-0.15, -0.1) is 0 Å². The number of allylic oxidation sites excluding steroid dienone is 1. The number of thiazole rings is 1. The number of carbonyl (C=O) groups is 1. The number of rotatable bonds is 5. The van der Waals surface area contributed by atoms with Gasteiger partial charge in [-0.1, -0.05) is 17.8 Å². The summed E-state index contributed by atoms with van der Waals surface area (Å²) in [6, 6.07) is 6.88. The highest BCUT2D eigenvalue weighted by Crippen LogP contribution is 2.30. The van der Waals surface area contributed by atoms with Crippen molar-refractivity contribution in [3.05, 3.63) is 46.0 Å². The van der Waals surface area contributed by atoms with Crippen molar-refractivity contribution < 1.29 is 14.6 Å². The lowest BCUT2D eigenvalue weighted by Crippen LogP contribution is -2.02. The van der Waals surface area contributed by atoms with Crippen LogP contribution in [-0.2, 0) is 17.6 Å². The molecule has 0 atom stereocenters. The van der Waals surface area contributed by atoms with Crippen LogP contribution in [0, 0.1) is 0 Å². The van der Waals surface area contributed by atoms with E-state index in [0.29, 0.717) is 16.4 Å². The molecule has 0 radical (unpaired) electrons. The second kappa shape index (κ2) is 8.27. The van der Waals surface area contributed by atoms with E-state index in [0.717, 1.165) is 25.0 Å².